The number of carboxylic acids is 1. The van der Waals surface area contributed by atoms with Crippen molar-refractivity contribution in [2.75, 3.05) is 12.4 Å². The van der Waals surface area contributed by atoms with E-state index in [0.717, 1.165) is 11.6 Å². The fourth-order valence-electron chi connectivity index (χ4n) is 2.64. The molecule has 0 radical (unpaired) electrons. The number of halogens is 1. The highest BCUT2D eigenvalue weighted by Crippen LogP contribution is 2.29. The molecule has 26 heavy (non-hydrogen) atoms. The summed E-state index contributed by atoms with van der Waals surface area (Å²) in [5.74, 6) is -1.34. The lowest BCUT2D eigenvalue weighted by Gasteiger charge is -2.24. The van der Waals surface area contributed by atoms with Crippen LogP contribution in [0.4, 0.5) is 10.1 Å². The van der Waals surface area contributed by atoms with Crippen molar-refractivity contribution in [2.45, 2.75) is 26.7 Å². The fourth-order valence-corrected chi connectivity index (χ4v) is 2.64. The Labute approximate surface area is 151 Å². The number of amides is 1. The number of carboxylic acid groups (broad SMARTS) is 1. The van der Waals surface area contributed by atoms with E-state index >= 15 is 0 Å². The second-order valence-corrected chi connectivity index (χ2v) is 6.70. The Kier molecular flexibility index (Phi) is 5.97. The van der Waals surface area contributed by atoms with E-state index in [9.17, 15) is 14.0 Å². The Balaban J connectivity index is 2.12. The van der Waals surface area contributed by atoms with Crippen molar-refractivity contribution in [2.24, 2.45) is 5.41 Å². The number of anilines is 1. The summed E-state index contributed by atoms with van der Waals surface area (Å²) in [5, 5.41) is 11.4. The number of hydrogen-bond acceptors (Lipinski definition) is 3. The molecule has 0 aromatic heterocycles. The Morgan fingerprint density at radius 1 is 1.15 bits per heavy atom. The highest BCUT2D eigenvalue weighted by atomic mass is 19.1. The number of aliphatic carboxylic acids is 1. The molecule has 6 heteroatoms. The minimum absolute atomic E-state index is 0.0729. The van der Waals surface area contributed by atoms with Crippen molar-refractivity contribution in [3.8, 4) is 5.75 Å². The van der Waals surface area contributed by atoms with E-state index in [1.165, 1.54) is 12.1 Å². The third-order valence-electron chi connectivity index (χ3n) is 4.09. The molecule has 0 aliphatic carbocycles. The van der Waals surface area contributed by atoms with Crippen LogP contribution in [-0.4, -0.2) is 24.1 Å². The highest BCUT2D eigenvalue weighted by molar-refractivity contribution is 5.95. The lowest BCUT2D eigenvalue weighted by molar-refractivity contribution is -0.136. The molecule has 0 fully saturated rings. The number of para-hydroxylation sites is 1. The van der Waals surface area contributed by atoms with E-state index in [-0.39, 0.29) is 17.2 Å². The van der Waals surface area contributed by atoms with Gasteiger partial charge in [-0.2, -0.15) is 0 Å². The predicted octanol–water partition coefficient (Wildman–Crippen LogP) is 3.67. The maximum Gasteiger partial charge on any atom is 0.307 e. The van der Waals surface area contributed by atoms with E-state index in [2.05, 4.69) is 5.32 Å². The fraction of sp³-hybridized carbons (Fsp3) is 0.300. The first-order valence-electron chi connectivity index (χ1n) is 8.16. The van der Waals surface area contributed by atoms with E-state index in [1.54, 1.807) is 21.0 Å². The Bertz CT molecular complexity index is 817. The number of nitrogens with one attached hydrogen (secondary N) is 1. The van der Waals surface area contributed by atoms with E-state index < -0.39 is 23.6 Å². The van der Waals surface area contributed by atoms with Crippen LogP contribution in [0.25, 0.3) is 0 Å². The topological polar surface area (TPSA) is 75.6 Å². The van der Waals surface area contributed by atoms with Gasteiger partial charge in [0.25, 0.3) is 0 Å². The van der Waals surface area contributed by atoms with Gasteiger partial charge in [0.1, 0.15) is 11.6 Å². The number of hydrogen-bond donors (Lipinski definition) is 2. The van der Waals surface area contributed by atoms with Crippen molar-refractivity contribution < 1.29 is 23.8 Å². The average molecular weight is 359 g/mol. The van der Waals surface area contributed by atoms with E-state index in [0.29, 0.717) is 12.2 Å². The maximum absolute atomic E-state index is 14.0. The van der Waals surface area contributed by atoms with Gasteiger partial charge in [0, 0.05) is 11.1 Å². The molecule has 2 aromatic carbocycles. The zero-order chi connectivity index (χ0) is 19.3. The number of carbonyl (C=O) groups is 2. The Morgan fingerprint density at radius 3 is 2.46 bits per heavy atom. The van der Waals surface area contributed by atoms with Gasteiger partial charge in [0.2, 0.25) is 5.91 Å². The van der Waals surface area contributed by atoms with Gasteiger partial charge in [-0.3, -0.25) is 9.59 Å². The molecule has 0 aliphatic heterocycles. The summed E-state index contributed by atoms with van der Waals surface area (Å²) in [4.78, 5) is 23.3. The maximum atomic E-state index is 14.0. The molecule has 0 spiro atoms. The second kappa shape index (κ2) is 7.99. The van der Waals surface area contributed by atoms with Crippen LogP contribution in [0.1, 0.15) is 25.0 Å². The molecule has 5 nitrogen and oxygen atoms in total. The molecule has 2 rings (SSSR count). The largest absolute Gasteiger partial charge is 0.496 e. The molecule has 0 unspecified atom stereocenters. The van der Waals surface area contributed by atoms with Gasteiger partial charge in [-0.05, 0) is 35.7 Å². The first-order chi connectivity index (χ1) is 12.2. The number of benzene rings is 2. The van der Waals surface area contributed by atoms with Crippen LogP contribution in [0.5, 0.6) is 5.75 Å². The molecule has 2 N–H and O–H groups in total. The number of ether oxygens (including phenoxy) is 1. The quantitative estimate of drug-likeness (QED) is 0.791. The minimum atomic E-state index is -1.11. The van der Waals surface area contributed by atoms with Crippen LogP contribution in [0, 0.1) is 11.2 Å². The monoisotopic (exact) mass is 359 g/mol. The average Bonchev–Trinajstić information content (AvgIpc) is 2.57. The molecule has 0 atom stereocenters. The summed E-state index contributed by atoms with van der Waals surface area (Å²) >= 11 is 0. The van der Waals surface area contributed by atoms with Crippen molar-refractivity contribution in [3.05, 3.63) is 59.4 Å². The van der Waals surface area contributed by atoms with Crippen LogP contribution < -0.4 is 10.1 Å². The first-order valence-corrected chi connectivity index (χ1v) is 8.16. The van der Waals surface area contributed by atoms with E-state index in [1.807, 2.05) is 24.3 Å². The highest BCUT2D eigenvalue weighted by Gasteiger charge is 2.29. The molecule has 0 saturated heterocycles. The van der Waals surface area contributed by atoms with Gasteiger partial charge in [0.05, 0.1) is 13.5 Å². The number of methoxy groups -OCH3 is 1. The summed E-state index contributed by atoms with van der Waals surface area (Å²) in [6.07, 6.45) is 0.0434. The van der Waals surface area contributed by atoms with Crippen molar-refractivity contribution >= 4 is 17.6 Å². The lowest BCUT2D eigenvalue weighted by Crippen LogP contribution is -2.33. The van der Waals surface area contributed by atoms with Crippen molar-refractivity contribution in [3.63, 3.8) is 0 Å². The number of rotatable bonds is 7. The standard InChI is InChI=1S/C20H22FNO4/c1-20(2,12-14-6-4-5-7-17(14)26-3)19(25)22-15-9-8-13(10-18(23)24)16(21)11-15/h4-9,11H,10,12H2,1-3H3,(H,22,25)(H,23,24). The first kappa shape index (κ1) is 19.4. The molecule has 138 valence electrons. The molecule has 0 heterocycles. The molecular weight excluding hydrogens is 337 g/mol. The minimum Gasteiger partial charge on any atom is -0.496 e. The zero-order valence-corrected chi connectivity index (χ0v) is 15.0. The predicted molar refractivity (Wildman–Crippen MR) is 96.8 cm³/mol. The molecule has 2 aromatic rings. The van der Waals surface area contributed by atoms with E-state index in [4.69, 9.17) is 9.84 Å². The van der Waals surface area contributed by atoms with Gasteiger partial charge >= 0.3 is 5.97 Å². The van der Waals surface area contributed by atoms with Crippen LogP contribution in [0.15, 0.2) is 42.5 Å². The summed E-state index contributed by atoms with van der Waals surface area (Å²) in [7, 11) is 1.58. The molecule has 0 saturated carbocycles. The van der Waals surface area contributed by atoms with Gasteiger partial charge < -0.3 is 15.2 Å². The van der Waals surface area contributed by atoms with Crippen LogP contribution in [0.3, 0.4) is 0 Å². The van der Waals surface area contributed by atoms with Crippen molar-refractivity contribution in [1.82, 2.24) is 0 Å². The summed E-state index contributed by atoms with van der Waals surface area (Å²) in [5.41, 5.74) is 0.502. The van der Waals surface area contributed by atoms with Gasteiger partial charge in [-0.25, -0.2) is 4.39 Å². The third-order valence-corrected chi connectivity index (χ3v) is 4.09. The summed E-state index contributed by atoms with van der Waals surface area (Å²) in [6.45, 7) is 3.59. The molecular formula is C20H22FNO4. The summed E-state index contributed by atoms with van der Waals surface area (Å²) in [6, 6.07) is 11.5. The number of carbonyl (C=O) groups excluding carboxylic acids is 1. The zero-order valence-electron chi connectivity index (χ0n) is 15.0. The molecule has 1 amide bonds. The van der Waals surface area contributed by atoms with Gasteiger partial charge in [-0.15, -0.1) is 0 Å². The van der Waals surface area contributed by atoms with Crippen LogP contribution in [-0.2, 0) is 22.4 Å². The summed E-state index contributed by atoms with van der Waals surface area (Å²) < 4.78 is 19.3. The van der Waals surface area contributed by atoms with Crippen molar-refractivity contribution in [1.29, 1.82) is 0 Å². The normalized spacial score (nSPS) is 11.1. The van der Waals surface area contributed by atoms with Gasteiger partial charge in [0.15, 0.2) is 0 Å². The SMILES string of the molecule is COc1ccccc1CC(C)(C)C(=O)Nc1ccc(CC(=O)O)c(F)c1. The van der Waals surface area contributed by atoms with Crippen LogP contribution in [0.2, 0.25) is 0 Å². The van der Waals surface area contributed by atoms with Crippen LogP contribution >= 0.6 is 0 Å². The molecule has 0 bridgehead atoms. The Hall–Kier alpha value is -2.89. The van der Waals surface area contributed by atoms with Gasteiger partial charge in [-0.1, -0.05) is 38.1 Å². The smallest absolute Gasteiger partial charge is 0.307 e. The third kappa shape index (κ3) is 4.81. The lowest BCUT2D eigenvalue weighted by atomic mass is 9.84. The molecule has 0 aliphatic rings. The second-order valence-electron chi connectivity index (χ2n) is 6.70. The Morgan fingerprint density at radius 2 is 1.85 bits per heavy atom.